The van der Waals surface area contributed by atoms with Crippen molar-refractivity contribution in [2.75, 3.05) is 0 Å². The van der Waals surface area contributed by atoms with Crippen molar-refractivity contribution in [3.63, 3.8) is 0 Å². The van der Waals surface area contributed by atoms with E-state index in [4.69, 9.17) is 14.4 Å². The molecule has 0 amide bonds. The number of fused-ring (bicyclic) bond motifs is 8. The summed E-state index contributed by atoms with van der Waals surface area (Å²) >= 11 is 3.47. The molecule has 3 aromatic heterocycles. The van der Waals surface area contributed by atoms with Gasteiger partial charge in [0.2, 0.25) is 0 Å². The summed E-state index contributed by atoms with van der Waals surface area (Å²) in [5.74, 6) is 0. The van der Waals surface area contributed by atoms with E-state index in [1.54, 1.807) is 22.7 Å². The number of hydrogen-bond donors (Lipinski definition) is 0. The van der Waals surface area contributed by atoms with Crippen LogP contribution in [0.5, 0.6) is 0 Å². The Balaban J connectivity index is 1.28. The van der Waals surface area contributed by atoms with Gasteiger partial charge in [0.1, 0.15) is 21.2 Å². The van der Waals surface area contributed by atoms with Gasteiger partial charge in [0.15, 0.2) is 0 Å². The molecule has 0 radical (unpaired) electrons. The highest BCUT2D eigenvalue weighted by atomic mass is 32.1. The molecule has 0 unspecified atom stereocenters. The van der Waals surface area contributed by atoms with Crippen molar-refractivity contribution >= 4 is 75.8 Å². The fourth-order valence-electron chi connectivity index (χ4n) is 6.53. The summed E-state index contributed by atoms with van der Waals surface area (Å²) in [4.78, 5) is 10.3. The monoisotopic (exact) mass is 558 g/mol. The first kappa shape index (κ1) is 21.9. The van der Waals surface area contributed by atoms with Gasteiger partial charge in [0, 0.05) is 27.5 Å². The summed E-state index contributed by atoms with van der Waals surface area (Å²) in [6.07, 6.45) is 0. The fraction of sp³-hybridized carbons (Fsp3) is 0. The van der Waals surface area contributed by atoms with Crippen molar-refractivity contribution in [2.45, 2.75) is 0 Å². The van der Waals surface area contributed by atoms with Crippen LogP contribution in [0.2, 0.25) is 0 Å². The largest absolute Gasteiger partial charge is 0.456 e. The van der Waals surface area contributed by atoms with Crippen molar-refractivity contribution in [1.29, 1.82) is 0 Å². The zero-order valence-electron chi connectivity index (χ0n) is 21.5. The quantitative estimate of drug-likeness (QED) is 0.212. The molecule has 190 valence electrons. The van der Waals surface area contributed by atoms with E-state index in [0.29, 0.717) is 0 Å². The molecule has 10 rings (SSSR count). The topological polar surface area (TPSA) is 38.9 Å². The molecule has 6 aromatic carbocycles. The van der Waals surface area contributed by atoms with Crippen molar-refractivity contribution < 1.29 is 4.42 Å². The number of aromatic nitrogens is 2. The Morgan fingerprint density at radius 1 is 0.512 bits per heavy atom. The first-order valence-corrected chi connectivity index (χ1v) is 15.2. The number of nitrogens with zero attached hydrogens (tertiary/aromatic N) is 2. The maximum atomic E-state index is 6.48. The Bertz CT molecular complexity index is 2480. The van der Waals surface area contributed by atoms with Gasteiger partial charge in [-0.25, -0.2) is 9.97 Å². The minimum Gasteiger partial charge on any atom is -0.456 e. The van der Waals surface area contributed by atoms with Crippen LogP contribution in [-0.4, -0.2) is 9.97 Å². The summed E-state index contributed by atoms with van der Waals surface area (Å²) in [6.45, 7) is 0. The van der Waals surface area contributed by atoms with Gasteiger partial charge >= 0.3 is 0 Å². The average molecular weight is 559 g/mol. The highest BCUT2D eigenvalue weighted by Gasteiger charge is 2.29. The molecule has 0 aliphatic heterocycles. The lowest BCUT2D eigenvalue weighted by atomic mass is 9.94. The van der Waals surface area contributed by atoms with Crippen LogP contribution in [0.3, 0.4) is 0 Å². The van der Waals surface area contributed by atoms with Crippen LogP contribution < -0.4 is 0 Å². The Hall–Kier alpha value is -4.84. The van der Waals surface area contributed by atoms with Crippen LogP contribution in [-0.2, 0) is 0 Å². The van der Waals surface area contributed by atoms with Crippen molar-refractivity contribution in [2.24, 2.45) is 0 Å². The first-order valence-electron chi connectivity index (χ1n) is 13.6. The number of thiazole rings is 2. The lowest BCUT2D eigenvalue weighted by molar-refractivity contribution is 0.669. The Labute approximate surface area is 242 Å². The van der Waals surface area contributed by atoms with Crippen LogP contribution in [0.1, 0.15) is 0 Å². The molecule has 0 bridgehead atoms. The van der Waals surface area contributed by atoms with E-state index in [1.807, 2.05) is 12.1 Å². The Morgan fingerprint density at radius 2 is 1.22 bits per heavy atom. The summed E-state index contributed by atoms with van der Waals surface area (Å²) < 4.78 is 8.78. The molecule has 1 aliphatic rings. The molecule has 0 saturated carbocycles. The van der Waals surface area contributed by atoms with E-state index in [0.717, 1.165) is 63.5 Å². The van der Waals surface area contributed by atoms with Crippen molar-refractivity contribution in [1.82, 2.24) is 9.97 Å². The zero-order chi connectivity index (χ0) is 26.7. The molecule has 41 heavy (non-hydrogen) atoms. The third kappa shape index (κ3) is 2.97. The second kappa shape index (κ2) is 7.88. The minimum absolute atomic E-state index is 0.901. The Kier molecular flexibility index (Phi) is 4.21. The summed E-state index contributed by atoms with van der Waals surface area (Å²) in [6, 6.07) is 38.6. The number of rotatable bonds is 2. The number of furan rings is 1. The number of hydrogen-bond acceptors (Lipinski definition) is 5. The van der Waals surface area contributed by atoms with Crippen LogP contribution >= 0.6 is 22.7 Å². The molecule has 3 heterocycles. The predicted molar refractivity (Wildman–Crippen MR) is 173 cm³/mol. The standard InChI is InChI=1S/C36H18N2OS2/c1-2-8-20(9-3-1)35-37-25-17-30-26(18-29(25)40-35)38-36(41-30)34-32-23-14-7-11-19-10-6-13-21(31(19)23)24(32)16-28-33(34)22-12-4-5-15-27(22)39-28/h1-18H. The number of para-hydroxylation sites is 1. The predicted octanol–water partition coefficient (Wildman–Crippen LogP) is 10.9. The van der Waals surface area contributed by atoms with Gasteiger partial charge in [-0.1, -0.05) is 84.9 Å². The third-order valence-corrected chi connectivity index (χ3v) is 10.4. The highest BCUT2D eigenvalue weighted by molar-refractivity contribution is 7.23. The second-order valence-corrected chi connectivity index (χ2v) is 12.6. The van der Waals surface area contributed by atoms with E-state index >= 15 is 0 Å². The van der Waals surface area contributed by atoms with Gasteiger partial charge in [-0.15, -0.1) is 22.7 Å². The average Bonchev–Trinajstić information content (AvgIpc) is 3.78. The van der Waals surface area contributed by atoms with Gasteiger partial charge in [-0.2, -0.15) is 0 Å². The molecule has 0 N–H and O–H groups in total. The van der Waals surface area contributed by atoms with Crippen LogP contribution in [0.4, 0.5) is 0 Å². The maximum Gasteiger partial charge on any atom is 0.136 e. The molecule has 0 fully saturated rings. The summed E-state index contributed by atoms with van der Waals surface area (Å²) in [5, 5.41) is 6.87. The van der Waals surface area contributed by atoms with Gasteiger partial charge in [0.05, 0.1) is 20.4 Å². The SMILES string of the molecule is c1ccc(-c2nc3cc4sc(-c5c6c(cc7oc8ccccc8c57)-c5cccc7cccc-6c57)nc4cc3s2)cc1. The molecule has 9 aromatic rings. The van der Waals surface area contributed by atoms with E-state index in [1.165, 1.54) is 33.0 Å². The van der Waals surface area contributed by atoms with E-state index < -0.39 is 0 Å². The molecule has 5 heteroatoms. The Morgan fingerprint density at radius 3 is 2.05 bits per heavy atom. The van der Waals surface area contributed by atoms with Crippen molar-refractivity contribution in [3.8, 4) is 43.4 Å². The van der Waals surface area contributed by atoms with Gasteiger partial charge in [-0.3, -0.25) is 0 Å². The molecule has 3 nitrogen and oxygen atoms in total. The van der Waals surface area contributed by atoms with E-state index in [9.17, 15) is 0 Å². The molecule has 0 spiro atoms. The summed E-state index contributed by atoms with van der Waals surface area (Å²) in [7, 11) is 0. The van der Waals surface area contributed by atoms with E-state index in [-0.39, 0.29) is 0 Å². The van der Waals surface area contributed by atoms with Crippen LogP contribution in [0.25, 0.3) is 96.5 Å². The second-order valence-electron chi connectivity index (χ2n) is 10.5. The fourth-order valence-corrected chi connectivity index (χ4v) is 8.55. The molecule has 1 aliphatic carbocycles. The minimum atomic E-state index is 0.901. The first-order chi connectivity index (χ1) is 20.3. The molecule has 0 saturated heterocycles. The van der Waals surface area contributed by atoms with E-state index in [2.05, 4.69) is 97.1 Å². The smallest absolute Gasteiger partial charge is 0.136 e. The van der Waals surface area contributed by atoms with Crippen LogP contribution in [0.15, 0.2) is 114 Å². The molecular weight excluding hydrogens is 541 g/mol. The van der Waals surface area contributed by atoms with Crippen molar-refractivity contribution in [3.05, 3.63) is 109 Å². The highest BCUT2D eigenvalue weighted by Crippen LogP contribution is 2.55. The van der Waals surface area contributed by atoms with Gasteiger partial charge in [-0.05, 0) is 51.7 Å². The third-order valence-electron chi connectivity index (χ3n) is 8.26. The van der Waals surface area contributed by atoms with Gasteiger partial charge in [0.25, 0.3) is 0 Å². The number of benzene rings is 6. The lowest BCUT2D eigenvalue weighted by Crippen LogP contribution is -1.86. The summed E-state index contributed by atoms with van der Waals surface area (Å²) in [5.41, 5.74) is 11.1. The maximum absolute atomic E-state index is 6.48. The molecule has 0 atom stereocenters. The lowest BCUT2D eigenvalue weighted by Gasteiger charge is -2.10. The normalized spacial score (nSPS) is 12.4. The van der Waals surface area contributed by atoms with Crippen LogP contribution in [0, 0.1) is 0 Å². The molecular formula is C36H18N2OS2. The zero-order valence-corrected chi connectivity index (χ0v) is 23.1. The van der Waals surface area contributed by atoms with Gasteiger partial charge < -0.3 is 4.42 Å².